The minimum absolute atomic E-state index is 0.0139. The molecule has 0 bridgehead atoms. The summed E-state index contributed by atoms with van der Waals surface area (Å²) in [6, 6.07) is 8.56. The molecule has 1 N–H and O–H groups in total. The standard InChI is InChI=1S/C19H29NO4/c1-22-16-6-7-19(23-2)8-9-20(18(19)13-16)14-15-4-3-5-17(12-15)24-11-10-21/h3-5,12,16,18,21H,6-11,13-14H2,1-2H3/t16-,18-,19+/m0/s1. The van der Waals surface area contributed by atoms with Crippen molar-refractivity contribution in [3.63, 3.8) is 0 Å². The highest BCUT2D eigenvalue weighted by atomic mass is 16.5. The van der Waals surface area contributed by atoms with Crippen LogP contribution in [0.3, 0.4) is 0 Å². The number of aliphatic hydroxyl groups is 1. The van der Waals surface area contributed by atoms with E-state index in [9.17, 15) is 0 Å². The van der Waals surface area contributed by atoms with Crippen LogP contribution < -0.4 is 4.74 Å². The Balaban J connectivity index is 1.70. The first kappa shape index (κ1) is 17.7. The third kappa shape index (κ3) is 3.59. The Morgan fingerprint density at radius 3 is 2.92 bits per heavy atom. The number of ether oxygens (including phenoxy) is 3. The van der Waals surface area contributed by atoms with Gasteiger partial charge < -0.3 is 19.3 Å². The van der Waals surface area contributed by atoms with E-state index < -0.39 is 0 Å². The fourth-order valence-corrected chi connectivity index (χ4v) is 4.29. The molecule has 0 unspecified atom stereocenters. The molecule has 0 spiro atoms. The molecule has 0 aromatic heterocycles. The van der Waals surface area contributed by atoms with Crippen molar-refractivity contribution < 1.29 is 19.3 Å². The van der Waals surface area contributed by atoms with Crippen LogP contribution in [0, 0.1) is 0 Å². The second kappa shape index (κ2) is 7.83. The van der Waals surface area contributed by atoms with Crippen molar-refractivity contribution in [3.8, 4) is 5.75 Å². The lowest BCUT2D eigenvalue weighted by Gasteiger charge is -2.43. The van der Waals surface area contributed by atoms with Gasteiger partial charge in [0.15, 0.2) is 0 Å². The number of likely N-dealkylation sites (tertiary alicyclic amines) is 1. The molecule has 2 fully saturated rings. The number of hydrogen-bond donors (Lipinski definition) is 1. The number of fused-ring (bicyclic) bond motifs is 1. The Bertz CT molecular complexity index is 538. The zero-order valence-electron chi connectivity index (χ0n) is 14.7. The van der Waals surface area contributed by atoms with Crippen molar-refractivity contribution in [2.24, 2.45) is 0 Å². The van der Waals surface area contributed by atoms with Crippen LogP contribution in [0.4, 0.5) is 0 Å². The summed E-state index contributed by atoms with van der Waals surface area (Å²) in [4.78, 5) is 2.53. The Hall–Kier alpha value is -1.14. The largest absolute Gasteiger partial charge is 0.491 e. The Kier molecular flexibility index (Phi) is 5.76. The molecule has 2 aliphatic rings. The number of methoxy groups -OCH3 is 2. The second-order valence-electron chi connectivity index (χ2n) is 6.86. The van der Waals surface area contributed by atoms with E-state index in [2.05, 4.69) is 17.0 Å². The number of nitrogens with zero attached hydrogens (tertiary/aromatic N) is 1. The number of benzene rings is 1. The van der Waals surface area contributed by atoms with Gasteiger partial charge in [-0.1, -0.05) is 12.1 Å². The summed E-state index contributed by atoms with van der Waals surface area (Å²) in [6.07, 6.45) is 4.61. The highest BCUT2D eigenvalue weighted by Gasteiger charge is 2.50. The van der Waals surface area contributed by atoms with Crippen molar-refractivity contribution in [3.05, 3.63) is 29.8 Å². The van der Waals surface area contributed by atoms with Crippen molar-refractivity contribution in [1.82, 2.24) is 4.90 Å². The lowest BCUT2D eigenvalue weighted by Crippen LogP contribution is -2.51. The SMILES string of the molecule is CO[C@H]1CC[C@@]2(OC)CCN(Cc3cccc(OCCO)c3)[C@H]2C1. The molecule has 24 heavy (non-hydrogen) atoms. The quantitative estimate of drug-likeness (QED) is 0.828. The Labute approximate surface area is 144 Å². The molecule has 1 aromatic rings. The van der Waals surface area contributed by atoms with Crippen molar-refractivity contribution in [2.45, 2.75) is 50.0 Å². The second-order valence-corrected chi connectivity index (χ2v) is 6.86. The molecular weight excluding hydrogens is 306 g/mol. The molecule has 3 rings (SSSR count). The van der Waals surface area contributed by atoms with Crippen LogP contribution in [-0.2, 0) is 16.0 Å². The van der Waals surface area contributed by atoms with E-state index in [4.69, 9.17) is 19.3 Å². The molecule has 0 amide bonds. The lowest BCUT2D eigenvalue weighted by atomic mass is 9.79. The summed E-state index contributed by atoms with van der Waals surface area (Å²) < 4.78 is 17.1. The van der Waals surface area contributed by atoms with E-state index in [1.54, 1.807) is 0 Å². The molecule has 1 aliphatic carbocycles. The van der Waals surface area contributed by atoms with Gasteiger partial charge >= 0.3 is 0 Å². The van der Waals surface area contributed by atoms with Crippen molar-refractivity contribution >= 4 is 0 Å². The van der Waals surface area contributed by atoms with Gasteiger partial charge in [-0.2, -0.15) is 0 Å². The molecule has 5 nitrogen and oxygen atoms in total. The van der Waals surface area contributed by atoms with E-state index in [-0.39, 0.29) is 12.2 Å². The molecule has 1 aromatic carbocycles. The number of hydrogen-bond acceptors (Lipinski definition) is 5. The molecule has 1 saturated carbocycles. The summed E-state index contributed by atoms with van der Waals surface area (Å²) in [7, 11) is 3.67. The summed E-state index contributed by atoms with van der Waals surface area (Å²) in [5, 5.41) is 8.90. The third-order valence-electron chi connectivity index (χ3n) is 5.63. The topological polar surface area (TPSA) is 51.2 Å². The molecule has 0 radical (unpaired) electrons. The summed E-state index contributed by atoms with van der Waals surface area (Å²) in [6.45, 7) is 2.31. The van der Waals surface area contributed by atoms with Gasteiger partial charge in [0.05, 0.1) is 18.3 Å². The van der Waals surface area contributed by atoms with E-state index >= 15 is 0 Å². The van der Waals surface area contributed by atoms with Gasteiger partial charge in [0, 0.05) is 33.4 Å². The van der Waals surface area contributed by atoms with E-state index in [0.29, 0.717) is 18.8 Å². The average Bonchev–Trinajstić information content (AvgIpc) is 2.98. The van der Waals surface area contributed by atoms with E-state index in [1.807, 2.05) is 26.4 Å². The van der Waals surface area contributed by atoms with Crippen LogP contribution in [0.15, 0.2) is 24.3 Å². The average molecular weight is 335 g/mol. The highest BCUT2D eigenvalue weighted by molar-refractivity contribution is 5.28. The first-order chi connectivity index (χ1) is 11.7. The van der Waals surface area contributed by atoms with Crippen molar-refractivity contribution in [2.75, 3.05) is 34.0 Å². The molecule has 1 saturated heterocycles. The van der Waals surface area contributed by atoms with Crippen LogP contribution in [0.2, 0.25) is 0 Å². The van der Waals surface area contributed by atoms with Gasteiger partial charge in [0.25, 0.3) is 0 Å². The molecular formula is C19H29NO4. The lowest BCUT2D eigenvalue weighted by molar-refractivity contribution is -0.0947. The van der Waals surface area contributed by atoms with Crippen LogP contribution in [0.1, 0.15) is 31.2 Å². The molecule has 1 heterocycles. The highest BCUT2D eigenvalue weighted by Crippen LogP contribution is 2.43. The Morgan fingerprint density at radius 1 is 1.29 bits per heavy atom. The maximum atomic E-state index is 8.90. The minimum atomic E-state index is -0.0139. The van der Waals surface area contributed by atoms with Gasteiger partial charge in [-0.25, -0.2) is 0 Å². The third-order valence-corrected chi connectivity index (χ3v) is 5.63. The minimum Gasteiger partial charge on any atom is -0.491 e. The van der Waals surface area contributed by atoms with Gasteiger partial charge in [0.1, 0.15) is 12.4 Å². The molecule has 3 atom stereocenters. The molecule has 5 heteroatoms. The fourth-order valence-electron chi connectivity index (χ4n) is 4.29. The maximum Gasteiger partial charge on any atom is 0.119 e. The van der Waals surface area contributed by atoms with Crippen LogP contribution >= 0.6 is 0 Å². The smallest absolute Gasteiger partial charge is 0.119 e. The van der Waals surface area contributed by atoms with Crippen LogP contribution in [-0.4, -0.2) is 61.7 Å². The maximum absolute atomic E-state index is 8.90. The predicted molar refractivity (Wildman–Crippen MR) is 92.2 cm³/mol. The normalized spacial score (nSPS) is 30.3. The van der Waals surface area contributed by atoms with Crippen molar-refractivity contribution in [1.29, 1.82) is 0 Å². The van der Waals surface area contributed by atoms with Crippen LogP contribution in [0.25, 0.3) is 0 Å². The molecule has 1 aliphatic heterocycles. The monoisotopic (exact) mass is 335 g/mol. The number of rotatable bonds is 7. The van der Waals surface area contributed by atoms with Crippen LogP contribution in [0.5, 0.6) is 5.75 Å². The Morgan fingerprint density at radius 2 is 2.17 bits per heavy atom. The predicted octanol–water partition coefficient (Wildman–Crippen LogP) is 2.22. The van der Waals surface area contributed by atoms with Gasteiger partial charge in [-0.05, 0) is 43.4 Å². The fraction of sp³-hybridized carbons (Fsp3) is 0.684. The first-order valence-electron chi connectivity index (χ1n) is 8.85. The summed E-state index contributed by atoms with van der Waals surface area (Å²) >= 11 is 0. The first-order valence-corrected chi connectivity index (χ1v) is 8.85. The number of aliphatic hydroxyl groups excluding tert-OH is 1. The van der Waals surface area contributed by atoms with E-state index in [0.717, 1.165) is 44.5 Å². The summed E-state index contributed by atoms with van der Waals surface area (Å²) in [5.74, 6) is 0.817. The zero-order valence-corrected chi connectivity index (χ0v) is 14.7. The van der Waals surface area contributed by atoms with Gasteiger partial charge in [-0.15, -0.1) is 0 Å². The molecule has 134 valence electrons. The van der Waals surface area contributed by atoms with E-state index in [1.165, 1.54) is 5.56 Å². The summed E-state index contributed by atoms with van der Waals surface area (Å²) in [5.41, 5.74) is 1.22. The van der Waals surface area contributed by atoms with Gasteiger partial charge in [-0.3, -0.25) is 4.90 Å². The van der Waals surface area contributed by atoms with Gasteiger partial charge in [0.2, 0.25) is 0 Å². The zero-order chi connectivity index (χ0) is 17.0.